The minimum absolute atomic E-state index is 0.0214. The van der Waals surface area contributed by atoms with Crippen molar-refractivity contribution >= 4 is 15.7 Å². The maximum Gasteiger partial charge on any atom is 0.257 e. The van der Waals surface area contributed by atoms with Crippen LogP contribution in [0.2, 0.25) is 0 Å². The molecular formula is C14H17N3O4S. The number of hydrogen-bond acceptors (Lipinski definition) is 5. The largest absolute Gasteiger partial charge is 0.469 e. The standard InChI is InChI=1S/C14H17N3O4S/c1-10-12(3-5-21-10)14(18)17-4-6-22(19,20)9-13(17)11-7-15-16(2)8-11/h3,5,7-8,13H,4,6,9H2,1-2H3/t13-/m1/s1. The van der Waals surface area contributed by atoms with Gasteiger partial charge >= 0.3 is 0 Å². The number of furan rings is 1. The van der Waals surface area contributed by atoms with Gasteiger partial charge in [-0.2, -0.15) is 5.10 Å². The molecule has 0 bridgehead atoms. The maximum atomic E-state index is 12.7. The van der Waals surface area contributed by atoms with Gasteiger partial charge in [-0.25, -0.2) is 8.42 Å². The van der Waals surface area contributed by atoms with E-state index < -0.39 is 15.9 Å². The van der Waals surface area contributed by atoms with E-state index in [-0.39, 0.29) is 24.0 Å². The molecule has 0 saturated carbocycles. The molecule has 22 heavy (non-hydrogen) atoms. The van der Waals surface area contributed by atoms with E-state index in [1.165, 1.54) is 6.26 Å². The molecule has 1 amide bonds. The summed E-state index contributed by atoms with van der Waals surface area (Å²) in [5.74, 6) is 0.214. The van der Waals surface area contributed by atoms with Crippen molar-refractivity contribution in [1.82, 2.24) is 14.7 Å². The molecule has 3 heterocycles. The molecule has 0 spiro atoms. The molecule has 118 valence electrons. The molecule has 1 saturated heterocycles. The molecule has 7 nitrogen and oxygen atoms in total. The fraction of sp³-hybridized carbons (Fsp3) is 0.429. The molecule has 0 unspecified atom stereocenters. The van der Waals surface area contributed by atoms with Crippen molar-refractivity contribution in [1.29, 1.82) is 0 Å². The van der Waals surface area contributed by atoms with Crippen LogP contribution in [0.4, 0.5) is 0 Å². The summed E-state index contributed by atoms with van der Waals surface area (Å²) in [6.07, 6.45) is 4.81. The minimum Gasteiger partial charge on any atom is -0.469 e. The van der Waals surface area contributed by atoms with Crippen molar-refractivity contribution in [3.63, 3.8) is 0 Å². The Hall–Kier alpha value is -2.09. The highest BCUT2D eigenvalue weighted by molar-refractivity contribution is 7.91. The van der Waals surface area contributed by atoms with Gasteiger partial charge in [-0.05, 0) is 13.0 Å². The number of sulfone groups is 1. The Morgan fingerprint density at radius 1 is 1.45 bits per heavy atom. The van der Waals surface area contributed by atoms with Gasteiger partial charge in [-0.1, -0.05) is 0 Å². The van der Waals surface area contributed by atoms with Crippen LogP contribution in [0.5, 0.6) is 0 Å². The second-order valence-corrected chi connectivity index (χ2v) is 7.70. The predicted molar refractivity (Wildman–Crippen MR) is 79.1 cm³/mol. The summed E-state index contributed by atoms with van der Waals surface area (Å²) >= 11 is 0. The summed E-state index contributed by atoms with van der Waals surface area (Å²) in [7, 11) is -1.41. The topological polar surface area (TPSA) is 85.4 Å². The Balaban J connectivity index is 1.97. The monoisotopic (exact) mass is 323 g/mol. The average molecular weight is 323 g/mol. The van der Waals surface area contributed by atoms with Crippen LogP contribution in [0.1, 0.15) is 27.7 Å². The Morgan fingerprint density at radius 3 is 2.82 bits per heavy atom. The molecule has 0 radical (unpaired) electrons. The van der Waals surface area contributed by atoms with Gasteiger partial charge in [0.25, 0.3) is 5.91 Å². The Kier molecular flexibility index (Phi) is 3.56. The van der Waals surface area contributed by atoms with Gasteiger partial charge in [0.05, 0.1) is 35.6 Å². The third-order valence-corrected chi connectivity index (χ3v) is 5.52. The van der Waals surface area contributed by atoms with Crippen LogP contribution in [0, 0.1) is 6.92 Å². The lowest BCUT2D eigenvalue weighted by Gasteiger charge is -2.34. The van der Waals surface area contributed by atoms with Gasteiger partial charge in [0, 0.05) is 25.4 Å². The smallest absolute Gasteiger partial charge is 0.257 e. The summed E-state index contributed by atoms with van der Waals surface area (Å²) in [4.78, 5) is 14.3. The number of amides is 1. The van der Waals surface area contributed by atoms with Crippen molar-refractivity contribution in [2.45, 2.75) is 13.0 Å². The maximum absolute atomic E-state index is 12.7. The predicted octanol–water partition coefficient (Wildman–Crippen LogP) is 0.933. The van der Waals surface area contributed by atoms with Gasteiger partial charge in [-0.15, -0.1) is 0 Å². The summed E-state index contributed by atoms with van der Waals surface area (Å²) in [6.45, 7) is 1.89. The lowest BCUT2D eigenvalue weighted by atomic mass is 10.1. The molecule has 8 heteroatoms. The lowest BCUT2D eigenvalue weighted by molar-refractivity contribution is 0.0695. The fourth-order valence-electron chi connectivity index (χ4n) is 2.70. The van der Waals surface area contributed by atoms with E-state index in [9.17, 15) is 13.2 Å². The van der Waals surface area contributed by atoms with Gasteiger partial charge in [0.2, 0.25) is 0 Å². The quantitative estimate of drug-likeness (QED) is 0.821. The SMILES string of the molecule is Cc1occc1C(=O)N1CCS(=O)(=O)C[C@@H]1c1cnn(C)c1. The fourth-order valence-corrected chi connectivity index (χ4v) is 4.20. The second kappa shape index (κ2) is 5.28. The number of rotatable bonds is 2. The number of nitrogens with zero attached hydrogens (tertiary/aromatic N) is 3. The zero-order valence-corrected chi connectivity index (χ0v) is 13.2. The molecule has 2 aromatic heterocycles. The zero-order chi connectivity index (χ0) is 15.9. The molecule has 0 aromatic carbocycles. The molecule has 1 atom stereocenters. The van der Waals surface area contributed by atoms with Gasteiger partial charge in [-0.3, -0.25) is 9.48 Å². The van der Waals surface area contributed by atoms with E-state index in [2.05, 4.69) is 5.10 Å². The first-order valence-electron chi connectivity index (χ1n) is 6.91. The van der Waals surface area contributed by atoms with Crippen LogP contribution in [-0.2, 0) is 16.9 Å². The molecule has 2 aromatic rings. The first-order valence-corrected chi connectivity index (χ1v) is 8.73. The lowest BCUT2D eigenvalue weighted by Crippen LogP contribution is -2.46. The number of carbonyl (C=O) groups is 1. The number of aromatic nitrogens is 2. The van der Waals surface area contributed by atoms with Crippen molar-refractivity contribution in [3.8, 4) is 0 Å². The van der Waals surface area contributed by atoms with Crippen molar-refractivity contribution in [2.75, 3.05) is 18.1 Å². The Morgan fingerprint density at radius 2 is 2.23 bits per heavy atom. The van der Waals surface area contributed by atoms with E-state index in [4.69, 9.17) is 4.42 Å². The van der Waals surface area contributed by atoms with Crippen molar-refractivity contribution < 1.29 is 17.6 Å². The highest BCUT2D eigenvalue weighted by Crippen LogP contribution is 2.28. The van der Waals surface area contributed by atoms with Crippen LogP contribution in [0.25, 0.3) is 0 Å². The summed E-state index contributed by atoms with van der Waals surface area (Å²) in [6, 6.07) is 1.09. The van der Waals surface area contributed by atoms with Crippen LogP contribution < -0.4 is 0 Å². The van der Waals surface area contributed by atoms with E-state index >= 15 is 0 Å². The van der Waals surface area contributed by atoms with Gasteiger partial charge < -0.3 is 9.32 Å². The molecule has 3 rings (SSSR count). The van der Waals surface area contributed by atoms with Crippen LogP contribution >= 0.6 is 0 Å². The van der Waals surface area contributed by atoms with Crippen LogP contribution in [0.15, 0.2) is 29.1 Å². The third-order valence-electron chi connectivity index (χ3n) is 3.89. The molecule has 1 aliphatic heterocycles. The minimum atomic E-state index is -3.17. The highest BCUT2D eigenvalue weighted by atomic mass is 32.2. The normalized spacial score (nSPS) is 21.0. The first kappa shape index (κ1) is 14.8. The van der Waals surface area contributed by atoms with Crippen LogP contribution in [0.3, 0.4) is 0 Å². The molecule has 0 aliphatic carbocycles. The molecular weight excluding hydrogens is 306 g/mol. The third kappa shape index (κ3) is 2.66. The molecule has 1 aliphatic rings. The zero-order valence-electron chi connectivity index (χ0n) is 12.4. The second-order valence-electron chi connectivity index (χ2n) is 5.47. The molecule has 1 fully saturated rings. The van der Waals surface area contributed by atoms with Crippen molar-refractivity contribution in [3.05, 3.63) is 41.6 Å². The summed E-state index contributed by atoms with van der Waals surface area (Å²) < 4.78 is 30.7. The first-order chi connectivity index (χ1) is 10.4. The summed E-state index contributed by atoms with van der Waals surface area (Å²) in [5, 5.41) is 4.08. The van der Waals surface area contributed by atoms with E-state index in [0.717, 1.165) is 5.56 Å². The molecule has 0 N–H and O–H groups in total. The van der Waals surface area contributed by atoms with E-state index in [0.29, 0.717) is 11.3 Å². The Bertz CT molecular complexity index is 806. The number of carbonyl (C=O) groups excluding carboxylic acids is 1. The average Bonchev–Trinajstić information content (AvgIpc) is 3.06. The number of hydrogen-bond donors (Lipinski definition) is 0. The van der Waals surface area contributed by atoms with Gasteiger partial charge in [0.15, 0.2) is 9.84 Å². The van der Waals surface area contributed by atoms with E-state index in [1.54, 1.807) is 42.0 Å². The van der Waals surface area contributed by atoms with Gasteiger partial charge in [0.1, 0.15) is 5.76 Å². The van der Waals surface area contributed by atoms with Crippen LogP contribution in [-0.4, -0.2) is 47.1 Å². The highest BCUT2D eigenvalue weighted by Gasteiger charge is 2.36. The summed E-state index contributed by atoms with van der Waals surface area (Å²) in [5.41, 5.74) is 1.19. The number of aryl methyl sites for hydroxylation is 2. The Labute approximate surface area is 128 Å². The van der Waals surface area contributed by atoms with Crippen molar-refractivity contribution in [2.24, 2.45) is 7.05 Å². The van der Waals surface area contributed by atoms with E-state index in [1.807, 2.05) is 0 Å².